The fourth-order valence-corrected chi connectivity index (χ4v) is 3.89. The molecule has 2 heterocycles. The third-order valence-corrected chi connectivity index (χ3v) is 4.97. The number of anilines is 1. The van der Waals surface area contributed by atoms with Crippen molar-refractivity contribution in [3.63, 3.8) is 0 Å². The Morgan fingerprint density at radius 1 is 1.40 bits per heavy atom. The SMILES string of the molecule is Cc1cc(I)ccc1NC(=O)CN1C[C@H]2CNC[C@H]2C1. The summed E-state index contributed by atoms with van der Waals surface area (Å²) in [5, 5.41) is 6.45. The first-order chi connectivity index (χ1) is 9.61. The van der Waals surface area contributed by atoms with Crippen LogP contribution in [0.25, 0.3) is 0 Å². The molecule has 0 spiro atoms. The molecule has 0 bridgehead atoms. The Balaban J connectivity index is 1.55. The molecule has 0 aliphatic carbocycles. The van der Waals surface area contributed by atoms with Crippen molar-refractivity contribution in [1.29, 1.82) is 0 Å². The van der Waals surface area contributed by atoms with E-state index in [0.717, 1.165) is 49.3 Å². The first-order valence-corrected chi connectivity index (χ1v) is 8.19. The van der Waals surface area contributed by atoms with Crippen LogP contribution in [0.2, 0.25) is 0 Å². The first kappa shape index (κ1) is 14.3. The number of carbonyl (C=O) groups is 1. The molecule has 3 rings (SSSR count). The largest absolute Gasteiger partial charge is 0.325 e. The van der Waals surface area contributed by atoms with Crippen LogP contribution in [0.1, 0.15) is 5.56 Å². The van der Waals surface area contributed by atoms with Gasteiger partial charge in [0, 0.05) is 22.3 Å². The number of fused-ring (bicyclic) bond motifs is 1. The predicted molar refractivity (Wildman–Crippen MR) is 88.8 cm³/mol. The molecule has 4 nitrogen and oxygen atoms in total. The van der Waals surface area contributed by atoms with Crippen molar-refractivity contribution >= 4 is 34.2 Å². The zero-order chi connectivity index (χ0) is 14.1. The van der Waals surface area contributed by atoms with Gasteiger partial charge in [0.1, 0.15) is 0 Å². The van der Waals surface area contributed by atoms with Crippen molar-refractivity contribution in [3.8, 4) is 0 Å². The van der Waals surface area contributed by atoms with E-state index in [9.17, 15) is 4.79 Å². The highest BCUT2D eigenvalue weighted by Crippen LogP contribution is 2.26. The highest BCUT2D eigenvalue weighted by Gasteiger charge is 2.36. The molecule has 2 fully saturated rings. The summed E-state index contributed by atoms with van der Waals surface area (Å²) in [4.78, 5) is 14.4. The van der Waals surface area contributed by atoms with Crippen LogP contribution in [-0.4, -0.2) is 43.5 Å². The maximum Gasteiger partial charge on any atom is 0.238 e. The number of hydrogen-bond acceptors (Lipinski definition) is 3. The topological polar surface area (TPSA) is 44.4 Å². The van der Waals surface area contributed by atoms with Crippen LogP contribution in [0.15, 0.2) is 18.2 Å². The molecule has 20 heavy (non-hydrogen) atoms. The lowest BCUT2D eigenvalue weighted by molar-refractivity contribution is -0.117. The zero-order valence-electron chi connectivity index (χ0n) is 11.7. The molecule has 2 atom stereocenters. The molecule has 108 valence electrons. The van der Waals surface area contributed by atoms with E-state index in [1.54, 1.807) is 0 Å². The summed E-state index contributed by atoms with van der Waals surface area (Å²) in [6.45, 7) is 6.87. The molecule has 2 aliphatic heterocycles. The molecular weight excluding hydrogens is 365 g/mol. The van der Waals surface area contributed by atoms with Crippen LogP contribution in [0.3, 0.4) is 0 Å². The van der Waals surface area contributed by atoms with E-state index < -0.39 is 0 Å². The lowest BCUT2D eigenvalue weighted by atomic mass is 10.0. The number of carbonyl (C=O) groups excluding carboxylic acids is 1. The van der Waals surface area contributed by atoms with Gasteiger partial charge in [-0.3, -0.25) is 9.69 Å². The third-order valence-electron chi connectivity index (χ3n) is 4.29. The number of rotatable bonds is 3. The van der Waals surface area contributed by atoms with Gasteiger partial charge in [-0.2, -0.15) is 0 Å². The van der Waals surface area contributed by atoms with Crippen LogP contribution in [0, 0.1) is 22.3 Å². The fourth-order valence-electron chi connectivity index (χ4n) is 3.24. The second-order valence-electron chi connectivity index (χ2n) is 5.88. The molecule has 2 saturated heterocycles. The first-order valence-electron chi connectivity index (χ1n) is 7.11. The van der Waals surface area contributed by atoms with Crippen molar-refractivity contribution in [2.75, 3.05) is 38.0 Å². The highest BCUT2D eigenvalue weighted by molar-refractivity contribution is 14.1. The van der Waals surface area contributed by atoms with E-state index in [4.69, 9.17) is 0 Å². The molecule has 2 aliphatic rings. The van der Waals surface area contributed by atoms with Gasteiger partial charge in [-0.1, -0.05) is 0 Å². The molecule has 1 aromatic rings. The average molecular weight is 385 g/mol. The Morgan fingerprint density at radius 2 is 2.10 bits per heavy atom. The van der Waals surface area contributed by atoms with Crippen molar-refractivity contribution in [2.45, 2.75) is 6.92 Å². The van der Waals surface area contributed by atoms with Gasteiger partial charge in [0.05, 0.1) is 6.54 Å². The minimum absolute atomic E-state index is 0.0993. The molecule has 5 heteroatoms. The summed E-state index contributed by atoms with van der Waals surface area (Å²) in [6, 6.07) is 6.09. The summed E-state index contributed by atoms with van der Waals surface area (Å²) < 4.78 is 1.19. The lowest BCUT2D eigenvalue weighted by Gasteiger charge is -2.17. The van der Waals surface area contributed by atoms with Gasteiger partial charge in [-0.15, -0.1) is 0 Å². The summed E-state index contributed by atoms with van der Waals surface area (Å²) in [5.41, 5.74) is 2.05. The fraction of sp³-hybridized carbons (Fsp3) is 0.533. The van der Waals surface area contributed by atoms with E-state index >= 15 is 0 Å². The van der Waals surface area contributed by atoms with Gasteiger partial charge >= 0.3 is 0 Å². The van der Waals surface area contributed by atoms with E-state index in [-0.39, 0.29) is 5.91 Å². The number of nitrogens with zero attached hydrogens (tertiary/aromatic N) is 1. The lowest BCUT2D eigenvalue weighted by Crippen LogP contribution is -2.33. The van der Waals surface area contributed by atoms with Gasteiger partial charge in [0.2, 0.25) is 5.91 Å². The molecule has 1 amide bonds. The number of benzene rings is 1. The van der Waals surface area contributed by atoms with Gasteiger partial charge in [-0.05, 0) is 78.2 Å². The van der Waals surface area contributed by atoms with Gasteiger partial charge < -0.3 is 10.6 Å². The highest BCUT2D eigenvalue weighted by atomic mass is 127. The van der Waals surface area contributed by atoms with Crippen molar-refractivity contribution in [2.24, 2.45) is 11.8 Å². The van der Waals surface area contributed by atoms with Crippen molar-refractivity contribution in [3.05, 3.63) is 27.3 Å². The number of hydrogen-bond donors (Lipinski definition) is 2. The summed E-state index contributed by atoms with van der Waals surface area (Å²) in [5.74, 6) is 1.58. The van der Waals surface area contributed by atoms with Crippen molar-refractivity contribution in [1.82, 2.24) is 10.2 Å². The zero-order valence-corrected chi connectivity index (χ0v) is 13.8. The third kappa shape index (κ3) is 3.15. The van der Waals surface area contributed by atoms with Gasteiger partial charge in [0.25, 0.3) is 0 Å². The normalized spacial score (nSPS) is 25.7. The minimum atomic E-state index is 0.0993. The number of nitrogens with one attached hydrogen (secondary N) is 2. The quantitative estimate of drug-likeness (QED) is 0.779. The molecular formula is C15H20IN3O. The molecule has 0 aromatic heterocycles. The van der Waals surface area contributed by atoms with Gasteiger partial charge in [-0.25, -0.2) is 0 Å². The maximum absolute atomic E-state index is 12.2. The Hall–Kier alpha value is -0.660. The predicted octanol–water partition coefficient (Wildman–Crippen LogP) is 1.69. The van der Waals surface area contributed by atoms with E-state index in [1.807, 2.05) is 19.1 Å². The Labute approximate surface area is 133 Å². The standard InChI is InChI=1S/C15H20IN3O/c1-10-4-13(16)2-3-14(10)18-15(20)9-19-7-11-5-17-6-12(11)8-19/h2-4,11-12,17H,5-9H2,1H3,(H,18,20)/t11-,12+. The van der Waals surface area contributed by atoms with E-state index in [1.165, 1.54) is 3.57 Å². The van der Waals surface area contributed by atoms with Crippen LogP contribution in [0.5, 0.6) is 0 Å². The second kappa shape index (κ2) is 5.99. The monoisotopic (exact) mass is 385 g/mol. The molecule has 2 N–H and O–H groups in total. The average Bonchev–Trinajstić information content (AvgIpc) is 2.93. The number of amides is 1. The molecule has 1 aromatic carbocycles. The molecule has 0 saturated carbocycles. The summed E-state index contributed by atoms with van der Waals surface area (Å²) >= 11 is 2.28. The molecule has 0 radical (unpaired) electrons. The Morgan fingerprint density at radius 3 is 2.75 bits per heavy atom. The van der Waals surface area contributed by atoms with Crippen molar-refractivity contribution < 1.29 is 4.79 Å². The van der Waals surface area contributed by atoms with Crippen LogP contribution in [-0.2, 0) is 4.79 Å². The maximum atomic E-state index is 12.2. The number of likely N-dealkylation sites (tertiary alicyclic amines) is 1. The summed E-state index contributed by atoms with van der Waals surface area (Å²) in [7, 11) is 0. The van der Waals surface area contributed by atoms with Crippen LogP contribution in [0.4, 0.5) is 5.69 Å². The smallest absolute Gasteiger partial charge is 0.238 e. The number of aryl methyl sites for hydroxylation is 1. The van der Waals surface area contributed by atoms with Crippen LogP contribution < -0.4 is 10.6 Å². The van der Waals surface area contributed by atoms with E-state index in [2.05, 4.69) is 44.2 Å². The number of halogens is 1. The summed E-state index contributed by atoms with van der Waals surface area (Å²) in [6.07, 6.45) is 0. The Bertz CT molecular complexity index is 508. The van der Waals surface area contributed by atoms with Gasteiger partial charge in [0.15, 0.2) is 0 Å². The second-order valence-corrected chi connectivity index (χ2v) is 7.13. The molecule has 0 unspecified atom stereocenters. The Kier molecular flexibility index (Phi) is 4.28. The minimum Gasteiger partial charge on any atom is -0.325 e. The van der Waals surface area contributed by atoms with Crippen LogP contribution >= 0.6 is 22.6 Å². The van der Waals surface area contributed by atoms with E-state index in [0.29, 0.717) is 6.54 Å².